The van der Waals surface area contributed by atoms with Crippen LogP contribution in [0.1, 0.15) is 5.56 Å². The molecule has 0 unspecified atom stereocenters. The van der Waals surface area contributed by atoms with Crippen LogP contribution in [0.3, 0.4) is 0 Å². The second-order valence-electron chi connectivity index (χ2n) is 5.09. The number of carbonyl (C=O) groups excluding carboxylic acids is 1. The summed E-state index contributed by atoms with van der Waals surface area (Å²) in [5.41, 5.74) is 2.12. The van der Waals surface area contributed by atoms with E-state index in [1.807, 2.05) is 59.4 Å². The van der Waals surface area contributed by atoms with Gasteiger partial charge in [0.1, 0.15) is 0 Å². The van der Waals surface area contributed by atoms with E-state index in [4.69, 9.17) is 0 Å². The van der Waals surface area contributed by atoms with Crippen LogP contribution in [-0.4, -0.2) is 53.2 Å². The van der Waals surface area contributed by atoms with Gasteiger partial charge in [0.15, 0.2) is 0 Å². The lowest BCUT2D eigenvalue weighted by atomic mass is 10.3. The number of aromatic nitrogens is 2. The van der Waals surface area contributed by atoms with E-state index in [1.165, 1.54) is 0 Å². The van der Waals surface area contributed by atoms with Crippen molar-refractivity contribution in [3.63, 3.8) is 0 Å². The summed E-state index contributed by atoms with van der Waals surface area (Å²) in [5, 5.41) is 4.35. The summed E-state index contributed by atoms with van der Waals surface area (Å²) in [5.74, 6) is 0.1000. The minimum absolute atomic E-state index is 0.1000. The lowest BCUT2D eigenvalue weighted by Crippen LogP contribution is -2.33. The summed E-state index contributed by atoms with van der Waals surface area (Å²) < 4.78 is 1.84. The number of rotatable bonds is 5. The monoisotopic (exact) mass is 272 g/mol. The van der Waals surface area contributed by atoms with Gasteiger partial charge in [-0.1, -0.05) is 18.2 Å². The van der Waals surface area contributed by atoms with Crippen LogP contribution in [0.25, 0.3) is 5.69 Å². The van der Waals surface area contributed by atoms with E-state index >= 15 is 0 Å². The standard InChI is InChI=1S/C15H20N4O/c1-17(2)15(20)12-18(3)10-13-9-16-19(11-13)14-7-5-4-6-8-14/h4-9,11H,10,12H2,1-3H3. The van der Waals surface area contributed by atoms with Crippen LogP contribution in [0.4, 0.5) is 0 Å². The second kappa shape index (κ2) is 6.34. The van der Waals surface area contributed by atoms with Crippen LogP contribution in [0.15, 0.2) is 42.7 Å². The molecular weight excluding hydrogens is 252 g/mol. The van der Waals surface area contributed by atoms with Gasteiger partial charge in [-0.3, -0.25) is 9.69 Å². The van der Waals surface area contributed by atoms with E-state index < -0.39 is 0 Å². The summed E-state index contributed by atoms with van der Waals surface area (Å²) in [4.78, 5) is 15.2. The van der Waals surface area contributed by atoms with Crippen LogP contribution in [0.5, 0.6) is 0 Å². The van der Waals surface area contributed by atoms with Crippen molar-refractivity contribution < 1.29 is 4.79 Å². The predicted molar refractivity (Wildman–Crippen MR) is 78.6 cm³/mol. The number of likely N-dealkylation sites (N-methyl/N-ethyl adjacent to an activating group) is 2. The largest absolute Gasteiger partial charge is 0.348 e. The van der Waals surface area contributed by atoms with Crippen molar-refractivity contribution in [3.8, 4) is 5.69 Å². The van der Waals surface area contributed by atoms with Crippen molar-refractivity contribution in [1.29, 1.82) is 0 Å². The molecule has 0 fully saturated rings. The van der Waals surface area contributed by atoms with Crippen LogP contribution < -0.4 is 0 Å². The molecule has 1 amide bonds. The SMILES string of the molecule is CN(CC(=O)N(C)C)Cc1cnn(-c2ccccc2)c1. The number of para-hydroxylation sites is 1. The number of hydrogen-bond donors (Lipinski definition) is 0. The van der Waals surface area contributed by atoms with Crippen LogP contribution >= 0.6 is 0 Å². The van der Waals surface area contributed by atoms with Gasteiger partial charge in [-0.25, -0.2) is 4.68 Å². The highest BCUT2D eigenvalue weighted by Crippen LogP contribution is 2.09. The number of nitrogens with zero attached hydrogens (tertiary/aromatic N) is 4. The summed E-state index contributed by atoms with van der Waals surface area (Å²) in [7, 11) is 5.47. The van der Waals surface area contributed by atoms with Gasteiger partial charge < -0.3 is 4.90 Å². The Labute approximate surface area is 119 Å². The highest BCUT2D eigenvalue weighted by atomic mass is 16.2. The molecule has 2 rings (SSSR count). The highest BCUT2D eigenvalue weighted by Gasteiger charge is 2.10. The molecule has 0 aliphatic heterocycles. The van der Waals surface area contributed by atoms with E-state index in [9.17, 15) is 4.79 Å². The molecule has 1 aromatic carbocycles. The van der Waals surface area contributed by atoms with E-state index in [-0.39, 0.29) is 5.91 Å². The van der Waals surface area contributed by atoms with E-state index in [0.717, 1.165) is 11.3 Å². The molecular formula is C15H20N4O. The van der Waals surface area contributed by atoms with E-state index in [1.54, 1.807) is 19.0 Å². The first kappa shape index (κ1) is 14.3. The number of benzene rings is 1. The number of hydrogen-bond acceptors (Lipinski definition) is 3. The summed E-state index contributed by atoms with van der Waals surface area (Å²) in [6.45, 7) is 1.11. The van der Waals surface area contributed by atoms with Gasteiger partial charge in [-0.2, -0.15) is 5.10 Å². The zero-order valence-corrected chi connectivity index (χ0v) is 12.2. The normalized spacial score (nSPS) is 10.8. The molecule has 0 saturated heterocycles. The molecule has 0 aliphatic rings. The van der Waals surface area contributed by atoms with Gasteiger partial charge in [-0.05, 0) is 19.2 Å². The fourth-order valence-corrected chi connectivity index (χ4v) is 1.90. The third-order valence-electron chi connectivity index (χ3n) is 3.01. The summed E-state index contributed by atoms with van der Waals surface area (Å²) >= 11 is 0. The predicted octanol–water partition coefficient (Wildman–Crippen LogP) is 1.39. The lowest BCUT2D eigenvalue weighted by Gasteiger charge is -2.17. The van der Waals surface area contributed by atoms with Gasteiger partial charge in [-0.15, -0.1) is 0 Å². The molecule has 0 N–H and O–H groups in total. The van der Waals surface area contributed by atoms with Crippen molar-refractivity contribution in [1.82, 2.24) is 19.6 Å². The topological polar surface area (TPSA) is 41.4 Å². The van der Waals surface area contributed by atoms with Crippen LogP contribution in [0, 0.1) is 0 Å². The molecule has 0 aliphatic carbocycles. The molecule has 5 heteroatoms. The van der Waals surface area contributed by atoms with Crippen molar-refractivity contribution in [2.75, 3.05) is 27.7 Å². The van der Waals surface area contributed by atoms with Crippen LogP contribution in [0.2, 0.25) is 0 Å². The summed E-state index contributed by atoms with van der Waals surface area (Å²) in [6, 6.07) is 9.97. The Morgan fingerprint density at radius 1 is 1.20 bits per heavy atom. The van der Waals surface area contributed by atoms with Crippen molar-refractivity contribution in [2.45, 2.75) is 6.54 Å². The molecule has 1 aromatic heterocycles. The van der Waals surface area contributed by atoms with Crippen molar-refractivity contribution >= 4 is 5.91 Å². The maximum absolute atomic E-state index is 11.6. The molecule has 5 nitrogen and oxygen atoms in total. The molecule has 1 heterocycles. The first-order chi connectivity index (χ1) is 9.56. The zero-order chi connectivity index (χ0) is 14.5. The maximum atomic E-state index is 11.6. The first-order valence-electron chi connectivity index (χ1n) is 6.54. The lowest BCUT2D eigenvalue weighted by molar-refractivity contribution is -0.129. The minimum Gasteiger partial charge on any atom is -0.348 e. The highest BCUT2D eigenvalue weighted by molar-refractivity contribution is 5.77. The Bertz CT molecular complexity index is 562. The molecule has 106 valence electrons. The quantitative estimate of drug-likeness (QED) is 0.826. The fourth-order valence-electron chi connectivity index (χ4n) is 1.90. The van der Waals surface area contributed by atoms with Crippen molar-refractivity contribution in [3.05, 3.63) is 48.3 Å². The van der Waals surface area contributed by atoms with Gasteiger partial charge in [0, 0.05) is 32.4 Å². The number of amides is 1. The molecule has 0 saturated carbocycles. The molecule has 0 bridgehead atoms. The number of carbonyl (C=O) groups is 1. The van der Waals surface area contributed by atoms with Crippen molar-refractivity contribution in [2.24, 2.45) is 0 Å². The molecule has 0 radical (unpaired) electrons. The molecule has 20 heavy (non-hydrogen) atoms. The third kappa shape index (κ3) is 3.68. The van der Waals surface area contributed by atoms with Gasteiger partial charge in [0.25, 0.3) is 0 Å². The molecule has 0 atom stereocenters. The Hall–Kier alpha value is -2.14. The first-order valence-corrected chi connectivity index (χ1v) is 6.54. The van der Waals surface area contributed by atoms with Gasteiger partial charge in [0.2, 0.25) is 5.91 Å². The minimum atomic E-state index is 0.1000. The third-order valence-corrected chi connectivity index (χ3v) is 3.01. The Morgan fingerprint density at radius 2 is 1.90 bits per heavy atom. The fraction of sp³-hybridized carbons (Fsp3) is 0.333. The molecule has 2 aromatic rings. The Balaban J connectivity index is 1.98. The average Bonchev–Trinajstić information content (AvgIpc) is 2.88. The van der Waals surface area contributed by atoms with E-state index in [2.05, 4.69) is 5.10 Å². The second-order valence-corrected chi connectivity index (χ2v) is 5.09. The maximum Gasteiger partial charge on any atom is 0.236 e. The molecule has 0 spiro atoms. The van der Waals surface area contributed by atoms with Gasteiger partial charge in [0.05, 0.1) is 18.4 Å². The van der Waals surface area contributed by atoms with Gasteiger partial charge >= 0.3 is 0 Å². The van der Waals surface area contributed by atoms with E-state index in [0.29, 0.717) is 13.1 Å². The smallest absolute Gasteiger partial charge is 0.236 e. The Morgan fingerprint density at radius 3 is 2.55 bits per heavy atom. The van der Waals surface area contributed by atoms with Crippen LogP contribution in [-0.2, 0) is 11.3 Å². The Kier molecular flexibility index (Phi) is 4.53. The summed E-state index contributed by atoms with van der Waals surface area (Å²) in [6.07, 6.45) is 3.83. The average molecular weight is 272 g/mol. The zero-order valence-electron chi connectivity index (χ0n) is 12.2.